The van der Waals surface area contributed by atoms with Gasteiger partial charge in [0.1, 0.15) is 5.75 Å². The van der Waals surface area contributed by atoms with Gasteiger partial charge in [-0.15, -0.1) is 0 Å². The fourth-order valence-electron chi connectivity index (χ4n) is 1.32. The van der Waals surface area contributed by atoms with Gasteiger partial charge in [-0.1, -0.05) is 39.0 Å². The second kappa shape index (κ2) is 5.12. The number of Topliss-reactive ketones (excluding diaryl/α,β-unsaturated/α-hetero) is 1. The molecule has 0 heterocycles. The van der Waals surface area contributed by atoms with Crippen LogP contribution >= 0.6 is 0 Å². The largest absolute Gasteiger partial charge is 0.480 e. The Kier molecular flexibility index (Phi) is 4.07. The summed E-state index contributed by atoms with van der Waals surface area (Å²) in [7, 11) is 0. The molecule has 0 saturated heterocycles. The van der Waals surface area contributed by atoms with E-state index in [0.29, 0.717) is 5.75 Å². The predicted molar refractivity (Wildman–Crippen MR) is 62.4 cm³/mol. The number of ether oxygens (including phenoxy) is 1. The van der Waals surface area contributed by atoms with Crippen molar-refractivity contribution < 1.29 is 14.6 Å². The first-order chi connectivity index (χ1) is 7.45. The van der Waals surface area contributed by atoms with Gasteiger partial charge < -0.3 is 9.84 Å². The molecule has 1 N–H and O–H groups in total. The van der Waals surface area contributed by atoms with Gasteiger partial charge in [-0.05, 0) is 12.1 Å². The number of ketones is 1. The van der Waals surface area contributed by atoms with Gasteiger partial charge in [0.15, 0.2) is 11.9 Å². The highest BCUT2D eigenvalue weighted by atomic mass is 16.5. The maximum absolute atomic E-state index is 11.9. The lowest BCUT2D eigenvalue weighted by Gasteiger charge is -2.23. The second-order valence-corrected chi connectivity index (χ2v) is 4.72. The average molecular weight is 222 g/mol. The van der Waals surface area contributed by atoms with Gasteiger partial charge in [0.25, 0.3) is 0 Å². The van der Waals surface area contributed by atoms with E-state index in [0.717, 1.165) is 0 Å². The molecule has 3 heteroatoms. The molecule has 1 aromatic rings. The molecule has 3 nitrogen and oxygen atoms in total. The normalized spacial score (nSPS) is 13.2. The maximum atomic E-state index is 11.9. The van der Waals surface area contributed by atoms with Crippen LogP contribution in [-0.4, -0.2) is 23.6 Å². The summed E-state index contributed by atoms with van der Waals surface area (Å²) < 4.78 is 5.45. The van der Waals surface area contributed by atoms with Gasteiger partial charge >= 0.3 is 0 Å². The molecule has 0 fully saturated rings. The molecule has 0 radical (unpaired) electrons. The van der Waals surface area contributed by atoms with Crippen molar-refractivity contribution in [1.29, 1.82) is 0 Å². The lowest BCUT2D eigenvalue weighted by Crippen LogP contribution is -2.39. The summed E-state index contributed by atoms with van der Waals surface area (Å²) in [5.41, 5.74) is -0.512. The monoisotopic (exact) mass is 222 g/mol. The fraction of sp³-hybridized carbons (Fsp3) is 0.462. The Morgan fingerprint density at radius 2 is 1.88 bits per heavy atom. The van der Waals surface area contributed by atoms with Gasteiger partial charge in [0, 0.05) is 5.41 Å². The number of benzene rings is 1. The summed E-state index contributed by atoms with van der Waals surface area (Å²) in [6.07, 6.45) is -0.789. The van der Waals surface area contributed by atoms with Crippen LogP contribution in [0.4, 0.5) is 0 Å². The molecule has 0 aromatic heterocycles. The van der Waals surface area contributed by atoms with E-state index in [9.17, 15) is 9.90 Å². The van der Waals surface area contributed by atoms with Crippen LogP contribution in [-0.2, 0) is 4.79 Å². The molecule has 0 saturated carbocycles. The minimum absolute atomic E-state index is 0.0983. The summed E-state index contributed by atoms with van der Waals surface area (Å²) in [6, 6.07) is 9.04. The Morgan fingerprint density at radius 1 is 1.31 bits per heavy atom. The molecule has 1 aromatic carbocycles. The van der Waals surface area contributed by atoms with Crippen molar-refractivity contribution in [3.63, 3.8) is 0 Å². The van der Waals surface area contributed by atoms with Crippen molar-refractivity contribution in [2.45, 2.75) is 26.9 Å². The van der Waals surface area contributed by atoms with Crippen LogP contribution < -0.4 is 4.74 Å². The van der Waals surface area contributed by atoms with Crippen molar-refractivity contribution in [3.8, 4) is 5.75 Å². The predicted octanol–water partition coefficient (Wildman–Crippen LogP) is 2.04. The van der Waals surface area contributed by atoms with E-state index in [1.165, 1.54) is 0 Å². The molecule has 1 unspecified atom stereocenters. The summed E-state index contributed by atoms with van der Waals surface area (Å²) in [5, 5.41) is 9.18. The third kappa shape index (κ3) is 3.35. The smallest absolute Gasteiger partial charge is 0.180 e. The third-order valence-corrected chi connectivity index (χ3v) is 2.22. The molecular formula is C13H18O3. The number of rotatable bonds is 4. The molecule has 0 bridgehead atoms. The van der Waals surface area contributed by atoms with E-state index in [-0.39, 0.29) is 12.4 Å². The van der Waals surface area contributed by atoms with Gasteiger partial charge in [0.05, 0.1) is 6.61 Å². The highest BCUT2D eigenvalue weighted by Crippen LogP contribution is 2.20. The van der Waals surface area contributed by atoms with Gasteiger partial charge in [-0.25, -0.2) is 0 Å². The number of carbonyl (C=O) groups is 1. The number of hydrogen-bond donors (Lipinski definition) is 1. The van der Waals surface area contributed by atoms with Crippen molar-refractivity contribution in [3.05, 3.63) is 30.3 Å². The van der Waals surface area contributed by atoms with Crippen LogP contribution in [0.5, 0.6) is 5.75 Å². The topological polar surface area (TPSA) is 46.5 Å². The van der Waals surface area contributed by atoms with Crippen molar-refractivity contribution >= 4 is 5.78 Å². The number of para-hydroxylation sites is 1. The number of hydrogen-bond acceptors (Lipinski definition) is 3. The SMILES string of the molecule is CC(C)(C)C(=O)C(CO)Oc1ccccc1. The van der Waals surface area contributed by atoms with E-state index in [1.807, 2.05) is 39.0 Å². The first kappa shape index (κ1) is 12.7. The van der Waals surface area contributed by atoms with Crippen LogP contribution in [0.3, 0.4) is 0 Å². The van der Waals surface area contributed by atoms with Gasteiger partial charge in [0.2, 0.25) is 0 Å². The van der Waals surface area contributed by atoms with Crippen LogP contribution in [0.2, 0.25) is 0 Å². The lowest BCUT2D eigenvalue weighted by atomic mass is 9.88. The molecule has 0 aliphatic heterocycles. The van der Waals surface area contributed by atoms with Crippen LogP contribution in [0.15, 0.2) is 30.3 Å². The fourth-order valence-corrected chi connectivity index (χ4v) is 1.32. The lowest BCUT2D eigenvalue weighted by molar-refractivity contribution is -0.135. The molecule has 1 atom stereocenters. The van der Waals surface area contributed by atoms with E-state index >= 15 is 0 Å². The number of aliphatic hydroxyl groups is 1. The molecule has 0 spiro atoms. The minimum atomic E-state index is -0.789. The van der Waals surface area contributed by atoms with E-state index in [2.05, 4.69) is 0 Å². The summed E-state index contributed by atoms with van der Waals surface area (Å²) in [6.45, 7) is 5.13. The molecular weight excluding hydrogens is 204 g/mol. The molecule has 88 valence electrons. The highest BCUT2D eigenvalue weighted by Gasteiger charge is 2.30. The first-order valence-electron chi connectivity index (χ1n) is 5.32. The molecule has 16 heavy (non-hydrogen) atoms. The zero-order valence-electron chi connectivity index (χ0n) is 9.93. The minimum Gasteiger partial charge on any atom is -0.480 e. The van der Waals surface area contributed by atoms with Gasteiger partial charge in [-0.2, -0.15) is 0 Å². The average Bonchev–Trinajstić information content (AvgIpc) is 2.25. The number of aliphatic hydroxyl groups excluding tert-OH is 1. The van der Waals surface area contributed by atoms with Crippen molar-refractivity contribution in [2.75, 3.05) is 6.61 Å². The van der Waals surface area contributed by atoms with E-state index in [4.69, 9.17) is 4.74 Å². The summed E-state index contributed by atoms with van der Waals surface area (Å²) in [5.74, 6) is 0.498. The van der Waals surface area contributed by atoms with E-state index < -0.39 is 11.5 Å². The quantitative estimate of drug-likeness (QED) is 0.848. The van der Waals surface area contributed by atoms with E-state index in [1.54, 1.807) is 12.1 Å². The Labute approximate surface area is 96.1 Å². The van der Waals surface area contributed by atoms with Crippen molar-refractivity contribution in [2.24, 2.45) is 5.41 Å². The summed E-state index contributed by atoms with van der Waals surface area (Å²) in [4.78, 5) is 11.9. The van der Waals surface area contributed by atoms with Crippen LogP contribution in [0.25, 0.3) is 0 Å². The zero-order valence-corrected chi connectivity index (χ0v) is 9.93. The van der Waals surface area contributed by atoms with Crippen LogP contribution in [0.1, 0.15) is 20.8 Å². The Balaban J connectivity index is 2.74. The van der Waals surface area contributed by atoms with Crippen LogP contribution in [0, 0.1) is 5.41 Å². The molecule has 0 amide bonds. The standard InChI is InChI=1S/C13H18O3/c1-13(2,3)12(15)11(9-14)16-10-7-5-4-6-8-10/h4-8,11,14H,9H2,1-3H3. The summed E-state index contributed by atoms with van der Waals surface area (Å²) >= 11 is 0. The van der Waals surface area contributed by atoms with Crippen molar-refractivity contribution in [1.82, 2.24) is 0 Å². The second-order valence-electron chi connectivity index (χ2n) is 4.72. The molecule has 0 aliphatic carbocycles. The first-order valence-corrected chi connectivity index (χ1v) is 5.32. The van der Waals surface area contributed by atoms with Gasteiger partial charge in [-0.3, -0.25) is 4.79 Å². The maximum Gasteiger partial charge on any atom is 0.180 e. The Bertz CT molecular complexity index is 338. The Morgan fingerprint density at radius 3 is 2.31 bits per heavy atom. The highest BCUT2D eigenvalue weighted by molar-refractivity contribution is 5.88. The molecule has 1 rings (SSSR count). The Hall–Kier alpha value is -1.35. The molecule has 0 aliphatic rings. The zero-order chi connectivity index (χ0) is 12.2. The number of carbonyl (C=O) groups excluding carboxylic acids is 1. The third-order valence-electron chi connectivity index (χ3n) is 2.22.